The minimum Gasteiger partial charge on any atom is -0.482 e. The fourth-order valence-electron chi connectivity index (χ4n) is 2.92. The molecule has 2 aromatic carbocycles. The van der Waals surface area contributed by atoms with Crippen LogP contribution in [0.2, 0.25) is 0 Å². The van der Waals surface area contributed by atoms with Crippen LogP contribution in [0.15, 0.2) is 48.5 Å². The topological polar surface area (TPSA) is 58.6 Å². The van der Waals surface area contributed by atoms with Gasteiger partial charge in [0, 0.05) is 5.69 Å². The standard InChI is InChI=1S/C20H22N2O3/c1-3-14(2)15-8-4-5-9-16(15)21-19(23)12-22-17-10-6-7-11-18(17)25-13-20(22)24/h4-11,14H,3,12-13H2,1-2H3,(H,21,23)/t14-/m1/s1. The van der Waals surface area contributed by atoms with Gasteiger partial charge < -0.3 is 10.1 Å². The Morgan fingerprint density at radius 1 is 1.20 bits per heavy atom. The van der Waals surface area contributed by atoms with Gasteiger partial charge in [0.2, 0.25) is 5.91 Å². The quantitative estimate of drug-likeness (QED) is 0.907. The predicted molar refractivity (Wildman–Crippen MR) is 98.1 cm³/mol. The molecule has 25 heavy (non-hydrogen) atoms. The second-order valence-corrected chi connectivity index (χ2v) is 6.18. The molecule has 1 heterocycles. The van der Waals surface area contributed by atoms with E-state index in [-0.39, 0.29) is 25.0 Å². The Bertz CT molecular complexity index is 788. The molecule has 0 unspecified atom stereocenters. The molecule has 0 radical (unpaired) electrons. The van der Waals surface area contributed by atoms with E-state index in [4.69, 9.17) is 4.74 Å². The van der Waals surface area contributed by atoms with Crippen molar-refractivity contribution < 1.29 is 14.3 Å². The molecule has 1 atom stereocenters. The number of amides is 2. The van der Waals surface area contributed by atoms with Gasteiger partial charge >= 0.3 is 0 Å². The van der Waals surface area contributed by atoms with Gasteiger partial charge in [-0.3, -0.25) is 14.5 Å². The van der Waals surface area contributed by atoms with Crippen LogP contribution in [0.5, 0.6) is 5.75 Å². The largest absolute Gasteiger partial charge is 0.482 e. The van der Waals surface area contributed by atoms with E-state index in [1.54, 1.807) is 12.1 Å². The van der Waals surface area contributed by atoms with Crippen LogP contribution in [-0.4, -0.2) is 25.0 Å². The second kappa shape index (κ2) is 7.38. The number of rotatable bonds is 5. The van der Waals surface area contributed by atoms with Crippen molar-refractivity contribution in [3.63, 3.8) is 0 Å². The number of ether oxygens (including phenoxy) is 1. The Balaban J connectivity index is 1.77. The van der Waals surface area contributed by atoms with Gasteiger partial charge in [0.1, 0.15) is 12.3 Å². The van der Waals surface area contributed by atoms with E-state index in [1.807, 2.05) is 36.4 Å². The van der Waals surface area contributed by atoms with Gasteiger partial charge in [-0.25, -0.2) is 0 Å². The Morgan fingerprint density at radius 3 is 2.72 bits per heavy atom. The number of nitrogens with one attached hydrogen (secondary N) is 1. The summed E-state index contributed by atoms with van der Waals surface area (Å²) in [5, 5.41) is 2.95. The predicted octanol–water partition coefficient (Wildman–Crippen LogP) is 3.56. The Labute approximate surface area is 147 Å². The number of carbonyl (C=O) groups excluding carboxylic acids is 2. The molecule has 1 aliphatic rings. The number of para-hydroxylation sites is 3. The van der Waals surface area contributed by atoms with Crippen LogP contribution < -0.4 is 15.0 Å². The number of anilines is 2. The summed E-state index contributed by atoms with van der Waals surface area (Å²) in [6.07, 6.45) is 0.988. The van der Waals surface area contributed by atoms with E-state index >= 15 is 0 Å². The Hall–Kier alpha value is -2.82. The lowest BCUT2D eigenvalue weighted by molar-refractivity contribution is -0.123. The molecule has 0 saturated carbocycles. The first-order valence-corrected chi connectivity index (χ1v) is 8.51. The van der Waals surface area contributed by atoms with Crippen LogP contribution in [0.1, 0.15) is 31.7 Å². The number of benzene rings is 2. The van der Waals surface area contributed by atoms with Gasteiger partial charge in [0.25, 0.3) is 5.91 Å². The highest BCUT2D eigenvalue weighted by molar-refractivity contribution is 6.05. The van der Waals surface area contributed by atoms with Crippen LogP contribution in [0.3, 0.4) is 0 Å². The third kappa shape index (κ3) is 3.65. The molecule has 5 heteroatoms. The number of hydrogen-bond donors (Lipinski definition) is 1. The van der Waals surface area contributed by atoms with Gasteiger partial charge in [0.05, 0.1) is 5.69 Å². The molecule has 0 fully saturated rings. The SMILES string of the molecule is CC[C@@H](C)c1ccccc1NC(=O)CN1C(=O)COc2ccccc21. The average molecular weight is 338 g/mol. The molecule has 2 amide bonds. The molecule has 0 aromatic heterocycles. The van der Waals surface area contributed by atoms with Crippen molar-refractivity contribution in [3.8, 4) is 5.75 Å². The number of nitrogens with zero attached hydrogens (tertiary/aromatic N) is 1. The lowest BCUT2D eigenvalue weighted by Crippen LogP contribution is -2.43. The molecular formula is C20H22N2O3. The van der Waals surface area contributed by atoms with E-state index in [0.717, 1.165) is 17.7 Å². The maximum atomic E-state index is 12.6. The summed E-state index contributed by atoms with van der Waals surface area (Å²) in [5.41, 5.74) is 2.53. The summed E-state index contributed by atoms with van der Waals surface area (Å²) in [5.74, 6) is 0.530. The third-order valence-corrected chi connectivity index (χ3v) is 4.49. The summed E-state index contributed by atoms with van der Waals surface area (Å²) in [6.45, 7) is 4.17. The highest BCUT2D eigenvalue weighted by atomic mass is 16.5. The molecule has 5 nitrogen and oxygen atoms in total. The zero-order valence-electron chi connectivity index (χ0n) is 14.5. The number of carbonyl (C=O) groups is 2. The van der Waals surface area contributed by atoms with Crippen molar-refractivity contribution >= 4 is 23.2 Å². The van der Waals surface area contributed by atoms with Crippen LogP contribution in [0, 0.1) is 0 Å². The summed E-state index contributed by atoms with van der Waals surface area (Å²) in [4.78, 5) is 26.2. The zero-order chi connectivity index (χ0) is 17.8. The minimum atomic E-state index is -0.221. The molecule has 2 aromatic rings. The van der Waals surface area contributed by atoms with Crippen molar-refractivity contribution in [3.05, 3.63) is 54.1 Å². The summed E-state index contributed by atoms with van der Waals surface area (Å²) >= 11 is 0. The van der Waals surface area contributed by atoms with Crippen LogP contribution in [0.25, 0.3) is 0 Å². The van der Waals surface area contributed by atoms with Crippen molar-refractivity contribution in [1.82, 2.24) is 0 Å². The maximum absolute atomic E-state index is 12.6. The van der Waals surface area contributed by atoms with Gasteiger partial charge in [-0.1, -0.05) is 44.2 Å². The van der Waals surface area contributed by atoms with Crippen molar-refractivity contribution in [2.45, 2.75) is 26.2 Å². The molecule has 0 saturated heterocycles. The zero-order valence-corrected chi connectivity index (χ0v) is 14.5. The van der Waals surface area contributed by atoms with Crippen LogP contribution >= 0.6 is 0 Å². The average Bonchev–Trinajstić information content (AvgIpc) is 2.64. The molecular weight excluding hydrogens is 316 g/mol. The van der Waals surface area contributed by atoms with E-state index in [2.05, 4.69) is 19.2 Å². The smallest absolute Gasteiger partial charge is 0.265 e. The first kappa shape index (κ1) is 17.0. The minimum absolute atomic E-state index is 0.0337. The van der Waals surface area contributed by atoms with Gasteiger partial charge in [0.15, 0.2) is 6.61 Å². The molecule has 0 bridgehead atoms. The molecule has 1 aliphatic heterocycles. The van der Waals surface area contributed by atoms with Crippen LogP contribution in [-0.2, 0) is 9.59 Å². The summed E-state index contributed by atoms with van der Waals surface area (Å²) in [6, 6.07) is 15.0. The Morgan fingerprint density at radius 2 is 1.92 bits per heavy atom. The summed E-state index contributed by atoms with van der Waals surface area (Å²) in [7, 11) is 0. The van der Waals surface area contributed by atoms with Crippen molar-refractivity contribution in [1.29, 1.82) is 0 Å². The van der Waals surface area contributed by atoms with E-state index in [0.29, 0.717) is 17.4 Å². The second-order valence-electron chi connectivity index (χ2n) is 6.18. The first-order chi connectivity index (χ1) is 12.1. The number of hydrogen-bond acceptors (Lipinski definition) is 3. The molecule has 0 spiro atoms. The fourth-order valence-corrected chi connectivity index (χ4v) is 2.92. The van der Waals surface area contributed by atoms with Crippen molar-refractivity contribution in [2.75, 3.05) is 23.4 Å². The molecule has 0 aliphatic carbocycles. The first-order valence-electron chi connectivity index (χ1n) is 8.51. The lowest BCUT2D eigenvalue weighted by atomic mass is 9.97. The number of fused-ring (bicyclic) bond motifs is 1. The van der Waals surface area contributed by atoms with Gasteiger partial charge in [-0.05, 0) is 36.1 Å². The van der Waals surface area contributed by atoms with Crippen molar-refractivity contribution in [2.24, 2.45) is 0 Å². The van der Waals surface area contributed by atoms with E-state index < -0.39 is 0 Å². The van der Waals surface area contributed by atoms with Crippen LogP contribution in [0.4, 0.5) is 11.4 Å². The highest BCUT2D eigenvalue weighted by Crippen LogP contribution is 2.31. The maximum Gasteiger partial charge on any atom is 0.265 e. The fraction of sp³-hybridized carbons (Fsp3) is 0.300. The van der Waals surface area contributed by atoms with Gasteiger partial charge in [-0.15, -0.1) is 0 Å². The monoisotopic (exact) mass is 338 g/mol. The van der Waals surface area contributed by atoms with Gasteiger partial charge in [-0.2, -0.15) is 0 Å². The molecule has 1 N–H and O–H groups in total. The summed E-state index contributed by atoms with van der Waals surface area (Å²) < 4.78 is 5.41. The van der Waals surface area contributed by atoms with E-state index in [9.17, 15) is 9.59 Å². The molecule has 130 valence electrons. The highest BCUT2D eigenvalue weighted by Gasteiger charge is 2.27. The lowest BCUT2D eigenvalue weighted by Gasteiger charge is -2.28. The molecule has 3 rings (SSSR count). The third-order valence-electron chi connectivity index (χ3n) is 4.49. The normalized spacial score (nSPS) is 14.5. The van der Waals surface area contributed by atoms with E-state index in [1.165, 1.54) is 4.90 Å². The Kier molecular flexibility index (Phi) is 5.03.